The highest BCUT2D eigenvalue weighted by molar-refractivity contribution is 4.90. The Morgan fingerprint density at radius 2 is 1.62 bits per heavy atom. The monoisotopic (exact) mass is 221 g/mol. The van der Waals surface area contributed by atoms with Gasteiger partial charge in [-0.2, -0.15) is 0 Å². The third kappa shape index (κ3) is 2.45. The average molecular weight is 221 g/mol. The molecule has 0 bridgehead atoms. The molecule has 0 aromatic heterocycles. The van der Waals surface area contributed by atoms with Crippen molar-refractivity contribution < 1.29 is 0 Å². The number of nitrogens with one attached hydrogen (secondary N) is 1. The summed E-state index contributed by atoms with van der Waals surface area (Å²) in [7, 11) is 0. The summed E-state index contributed by atoms with van der Waals surface area (Å²) in [5.41, 5.74) is 0. The Morgan fingerprint density at radius 3 is 2.25 bits per heavy atom. The van der Waals surface area contributed by atoms with E-state index in [1.165, 1.54) is 57.8 Å². The summed E-state index contributed by atoms with van der Waals surface area (Å²) in [5.74, 6) is 3.21. The van der Waals surface area contributed by atoms with Crippen molar-refractivity contribution in [3.05, 3.63) is 0 Å². The standard InChI is InChI=1S/C15H27N/c1-11(12-4-2-5-12)16-15-7-3-6-14(10-15)13-8-9-13/h11-16H,2-10H2,1H3. The number of hydrogen-bond acceptors (Lipinski definition) is 1. The van der Waals surface area contributed by atoms with E-state index < -0.39 is 0 Å². The van der Waals surface area contributed by atoms with Gasteiger partial charge in [0.2, 0.25) is 0 Å². The summed E-state index contributed by atoms with van der Waals surface area (Å²) in [6.45, 7) is 2.42. The van der Waals surface area contributed by atoms with Crippen LogP contribution >= 0.6 is 0 Å². The van der Waals surface area contributed by atoms with Crippen molar-refractivity contribution >= 4 is 0 Å². The molecular formula is C15H27N. The van der Waals surface area contributed by atoms with Crippen molar-refractivity contribution in [2.24, 2.45) is 17.8 Å². The summed E-state index contributed by atoms with van der Waals surface area (Å²) < 4.78 is 0. The molecule has 0 aromatic rings. The van der Waals surface area contributed by atoms with E-state index in [0.717, 1.165) is 29.8 Å². The van der Waals surface area contributed by atoms with E-state index in [2.05, 4.69) is 12.2 Å². The first-order chi connectivity index (χ1) is 7.83. The average Bonchev–Trinajstić information content (AvgIpc) is 2.97. The molecule has 1 heteroatoms. The fourth-order valence-electron chi connectivity index (χ4n) is 3.82. The molecule has 92 valence electrons. The summed E-state index contributed by atoms with van der Waals surface area (Å²) in [5, 5.41) is 3.93. The summed E-state index contributed by atoms with van der Waals surface area (Å²) in [6.07, 6.45) is 13.5. The van der Waals surface area contributed by atoms with Crippen molar-refractivity contribution in [3.8, 4) is 0 Å². The second kappa shape index (κ2) is 4.68. The molecule has 1 N–H and O–H groups in total. The summed E-state index contributed by atoms with van der Waals surface area (Å²) in [6, 6.07) is 1.65. The van der Waals surface area contributed by atoms with E-state index in [4.69, 9.17) is 0 Å². The fraction of sp³-hybridized carbons (Fsp3) is 1.00. The Labute approximate surface area is 100 Å². The SMILES string of the molecule is CC(NC1CCCC(C2CC2)C1)C1CCC1. The zero-order chi connectivity index (χ0) is 11.0. The van der Waals surface area contributed by atoms with Gasteiger partial charge in [0.1, 0.15) is 0 Å². The Bertz CT molecular complexity index is 230. The van der Waals surface area contributed by atoms with Crippen LogP contribution in [0.25, 0.3) is 0 Å². The Hall–Kier alpha value is -0.0400. The maximum atomic E-state index is 3.93. The van der Waals surface area contributed by atoms with Crippen LogP contribution in [0.4, 0.5) is 0 Å². The van der Waals surface area contributed by atoms with Crippen molar-refractivity contribution in [2.75, 3.05) is 0 Å². The van der Waals surface area contributed by atoms with Crippen LogP contribution in [0.1, 0.15) is 64.7 Å². The van der Waals surface area contributed by atoms with Crippen molar-refractivity contribution in [2.45, 2.75) is 76.8 Å². The summed E-state index contributed by atoms with van der Waals surface area (Å²) in [4.78, 5) is 0. The minimum atomic E-state index is 0.789. The lowest BCUT2D eigenvalue weighted by Crippen LogP contribution is -2.45. The Kier molecular flexibility index (Phi) is 3.24. The summed E-state index contributed by atoms with van der Waals surface area (Å²) >= 11 is 0. The molecule has 0 saturated heterocycles. The third-order valence-electron chi connectivity index (χ3n) is 5.36. The molecule has 1 nitrogen and oxygen atoms in total. The lowest BCUT2D eigenvalue weighted by atomic mass is 9.78. The minimum absolute atomic E-state index is 0.789. The van der Waals surface area contributed by atoms with E-state index in [-0.39, 0.29) is 0 Å². The molecule has 0 radical (unpaired) electrons. The van der Waals surface area contributed by atoms with E-state index in [9.17, 15) is 0 Å². The highest BCUT2D eigenvalue weighted by Crippen LogP contribution is 2.44. The molecule has 3 atom stereocenters. The normalized spacial score (nSPS) is 38.1. The molecule has 3 rings (SSSR count). The van der Waals surface area contributed by atoms with E-state index in [1.807, 2.05) is 0 Å². The molecule has 3 aliphatic rings. The van der Waals surface area contributed by atoms with Crippen LogP contribution in [0, 0.1) is 17.8 Å². The van der Waals surface area contributed by atoms with E-state index in [1.54, 1.807) is 0 Å². The fourth-order valence-corrected chi connectivity index (χ4v) is 3.82. The zero-order valence-corrected chi connectivity index (χ0v) is 10.8. The van der Waals surface area contributed by atoms with Gasteiger partial charge < -0.3 is 5.32 Å². The van der Waals surface area contributed by atoms with E-state index in [0.29, 0.717) is 0 Å². The predicted molar refractivity (Wildman–Crippen MR) is 68.4 cm³/mol. The molecule has 0 aliphatic heterocycles. The van der Waals surface area contributed by atoms with Gasteiger partial charge in [-0.15, -0.1) is 0 Å². The molecular weight excluding hydrogens is 194 g/mol. The first-order valence-corrected chi connectivity index (χ1v) is 7.59. The molecule has 16 heavy (non-hydrogen) atoms. The van der Waals surface area contributed by atoms with Gasteiger partial charge in [0.05, 0.1) is 0 Å². The second-order valence-electron chi connectivity index (χ2n) is 6.61. The molecule has 3 aliphatic carbocycles. The van der Waals surface area contributed by atoms with Crippen LogP contribution in [0.2, 0.25) is 0 Å². The second-order valence-corrected chi connectivity index (χ2v) is 6.61. The zero-order valence-electron chi connectivity index (χ0n) is 10.8. The van der Waals surface area contributed by atoms with Crippen LogP contribution in [0.5, 0.6) is 0 Å². The minimum Gasteiger partial charge on any atom is -0.311 e. The molecule has 0 amide bonds. The van der Waals surface area contributed by atoms with E-state index >= 15 is 0 Å². The van der Waals surface area contributed by atoms with Crippen LogP contribution in [-0.2, 0) is 0 Å². The van der Waals surface area contributed by atoms with Crippen LogP contribution in [0.3, 0.4) is 0 Å². The first kappa shape index (κ1) is 11.1. The van der Waals surface area contributed by atoms with Crippen molar-refractivity contribution in [1.29, 1.82) is 0 Å². The van der Waals surface area contributed by atoms with Gasteiger partial charge in [0.25, 0.3) is 0 Å². The van der Waals surface area contributed by atoms with Gasteiger partial charge in [0, 0.05) is 12.1 Å². The molecule has 0 heterocycles. The van der Waals surface area contributed by atoms with Gasteiger partial charge in [-0.3, -0.25) is 0 Å². The lowest BCUT2D eigenvalue weighted by molar-refractivity contribution is 0.189. The number of rotatable bonds is 4. The highest BCUT2D eigenvalue weighted by atomic mass is 15.0. The van der Waals surface area contributed by atoms with Gasteiger partial charge in [-0.25, -0.2) is 0 Å². The first-order valence-electron chi connectivity index (χ1n) is 7.59. The van der Waals surface area contributed by atoms with Gasteiger partial charge in [0.15, 0.2) is 0 Å². The highest BCUT2D eigenvalue weighted by Gasteiger charge is 2.35. The molecule has 0 spiro atoms. The van der Waals surface area contributed by atoms with Gasteiger partial charge in [-0.1, -0.05) is 19.3 Å². The predicted octanol–water partition coefficient (Wildman–Crippen LogP) is 3.73. The van der Waals surface area contributed by atoms with Crippen LogP contribution in [-0.4, -0.2) is 12.1 Å². The molecule has 3 saturated carbocycles. The smallest absolute Gasteiger partial charge is 0.00723 e. The third-order valence-corrected chi connectivity index (χ3v) is 5.36. The largest absolute Gasteiger partial charge is 0.311 e. The van der Waals surface area contributed by atoms with Crippen LogP contribution in [0.15, 0.2) is 0 Å². The quantitative estimate of drug-likeness (QED) is 0.762. The van der Waals surface area contributed by atoms with Crippen LogP contribution < -0.4 is 5.32 Å². The number of hydrogen-bond donors (Lipinski definition) is 1. The molecule has 3 fully saturated rings. The molecule has 0 aromatic carbocycles. The Balaban J connectivity index is 1.46. The lowest BCUT2D eigenvalue weighted by Gasteiger charge is -2.37. The van der Waals surface area contributed by atoms with Gasteiger partial charge in [-0.05, 0) is 63.2 Å². The van der Waals surface area contributed by atoms with Crippen molar-refractivity contribution in [1.82, 2.24) is 5.32 Å². The van der Waals surface area contributed by atoms with Crippen molar-refractivity contribution in [3.63, 3.8) is 0 Å². The molecule has 3 unspecified atom stereocenters. The van der Waals surface area contributed by atoms with Gasteiger partial charge >= 0.3 is 0 Å². The maximum absolute atomic E-state index is 3.93. The maximum Gasteiger partial charge on any atom is 0.00723 e. The Morgan fingerprint density at radius 1 is 0.875 bits per heavy atom. The topological polar surface area (TPSA) is 12.0 Å².